The maximum atomic E-state index is 13.9. The van der Waals surface area contributed by atoms with Crippen molar-refractivity contribution >= 4 is 22.2 Å². The van der Waals surface area contributed by atoms with Gasteiger partial charge in [-0.05, 0) is 37.3 Å². The minimum Gasteiger partial charge on any atom is -0.333 e. The lowest BCUT2D eigenvalue weighted by Gasteiger charge is -2.24. The van der Waals surface area contributed by atoms with Gasteiger partial charge in [-0.15, -0.1) is 0 Å². The van der Waals surface area contributed by atoms with Crippen LogP contribution in [0.3, 0.4) is 0 Å². The van der Waals surface area contributed by atoms with Crippen molar-refractivity contribution in [2.45, 2.75) is 13.0 Å². The van der Waals surface area contributed by atoms with Gasteiger partial charge in [0.1, 0.15) is 5.82 Å². The summed E-state index contributed by atoms with van der Waals surface area (Å²) < 4.78 is 42.7. The number of carbonyl (C=O) groups is 1. The number of rotatable bonds is 3. The summed E-state index contributed by atoms with van der Waals surface area (Å²) in [6.45, 7) is 1.63. The summed E-state index contributed by atoms with van der Waals surface area (Å²) in [6.07, 6.45) is 3.12. The van der Waals surface area contributed by atoms with Crippen LogP contribution in [0.1, 0.15) is 29.0 Å². The lowest BCUT2D eigenvalue weighted by Crippen LogP contribution is -2.31. The van der Waals surface area contributed by atoms with E-state index in [9.17, 15) is 22.8 Å². The fraction of sp³-hybridized carbons (Fsp3) is 0.150. The molecule has 0 fully saturated rings. The molecule has 1 atom stereocenters. The third-order valence-electron chi connectivity index (χ3n) is 4.99. The molecule has 0 aliphatic heterocycles. The number of aromatic amines is 1. The highest BCUT2D eigenvalue weighted by Gasteiger charge is 2.24. The van der Waals surface area contributed by atoms with E-state index in [2.05, 4.69) is 10.2 Å². The van der Waals surface area contributed by atoms with Gasteiger partial charge >= 0.3 is 0 Å². The molecule has 0 unspecified atom stereocenters. The van der Waals surface area contributed by atoms with Gasteiger partial charge in [0.25, 0.3) is 11.5 Å². The van der Waals surface area contributed by atoms with Crippen molar-refractivity contribution in [3.05, 3.63) is 81.8 Å². The van der Waals surface area contributed by atoms with Crippen molar-refractivity contribution in [1.29, 1.82) is 0 Å². The molecule has 3 aromatic heterocycles. The number of carbonyl (C=O) groups excluding carboxylic acids is 1. The van der Waals surface area contributed by atoms with Gasteiger partial charge in [0.15, 0.2) is 11.6 Å². The van der Waals surface area contributed by atoms with Gasteiger partial charge in [-0.1, -0.05) is 0 Å². The van der Waals surface area contributed by atoms with E-state index >= 15 is 0 Å². The number of halogens is 3. The Morgan fingerprint density at radius 2 is 1.83 bits per heavy atom. The van der Waals surface area contributed by atoms with Crippen molar-refractivity contribution in [1.82, 2.24) is 19.5 Å². The van der Waals surface area contributed by atoms with E-state index in [-0.39, 0.29) is 27.5 Å². The summed E-state index contributed by atoms with van der Waals surface area (Å²) in [7, 11) is 1.50. The molecule has 4 rings (SSSR count). The number of hydrogen-bond donors (Lipinski definition) is 1. The van der Waals surface area contributed by atoms with Crippen LogP contribution in [-0.2, 0) is 0 Å². The van der Waals surface area contributed by atoms with Gasteiger partial charge in [-0.2, -0.15) is 5.10 Å². The summed E-state index contributed by atoms with van der Waals surface area (Å²) in [5.41, 5.74) is 0.0276. The number of aromatic nitrogens is 3. The first-order valence-corrected chi connectivity index (χ1v) is 8.68. The van der Waals surface area contributed by atoms with Gasteiger partial charge in [0, 0.05) is 24.8 Å². The van der Waals surface area contributed by atoms with Crippen LogP contribution in [0.4, 0.5) is 13.2 Å². The van der Waals surface area contributed by atoms with Gasteiger partial charge < -0.3 is 9.30 Å². The maximum absolute atomic E-state index is 13.9. The quantitative estimate of drug-likeness (QED) is 0.573. The van der Waals surface area contributed by atoms with E-state index < -0.39 is 35.0 Å². The summed E-state index contributed by atoms with van der Waals surface area (Å²) in [5, 5.41) is 6.23. The van der Waals surface area contributed by atoms with Crippen LogP contribution < -0.4 is 5.56 Å². The molecule has 0 bridgehead atoms. The number of hydrogen-bond acceptors (Lipinski definition) is 3. The molecule has 0 aliphatic rings. The molecular weight excluding hydrogens is 385 g/mol. The molecule has 0 saturated heterocycles. The number of H-pyrrole nitrogens is 1. The number of benzene rings is 1. The monoisotopic (exact) mass is 400 g/mol. The summed E-state index contributed by atoms with van der Waals surface area (Å²) in [6, 6.07) is 5.23. The molecule has 9 heteroatoms. The summed E-state index contributed by atoms with van der Waals surface area (Å²) in [4.78, 5) is 26.2. The molecule has 29 heavy (non-hydrogen) atoms. The predicted octanol–water partition coefficient (Wildman–Crippen LogP) is 3.43. The minimum absolute atomic E-state index is 0.0710. The number of nitrogens with one attached hydrogen (secondary N) is 1. The second-order valence-electron chi connectivity index (χ2n) is 6.72. The molecule has 1 N–H and O–H groups in total. The Balaban J connectivity index is 1.75. The molecule has 4 aromatic rings. The molecule has 0 spiro atoms. The fourth-order valence-corrected chi connectivity index (χ4v) is 3.28. The van der Waals surface area contributed by atoms with Gasteiger partial charge in [-0.3, -0.25) is 9.59 Å². The van der Waals surface area contributed by atoms with E-state index in [1.165, 1.54) is 40.7 Å². The average Bonchev–Trinajstić information content (AvgIpc) is 3.14. The van der Waals surface area contributed by atoms with Crippen molar-refractivity contribution in [2.75, 3.05) is 7.05 Å². The normalized spacial score (nSPS) is 12.4. The lowest BCUT2D eigenvalue weighted by atomic mass is 10.1. The fourth-order valence-electron chi connectivity index (χ4n) is 3.28. The number of fused-ring (bicyclic) bond motifs is 2. The Morgan fingerprint density at radius 3 is 2.52 bits per heavy atom. The van der Waals surface area contributed by atoms with Crippen LogP contribution >= 0.6 is 0 Å². The first-order valence-electron chi connectivity index (χ1n) is 8.68. The second kappa shape index (κ2) is 6.77. The minimum atomic E-state index is -1.15. The molecular formula is C20H15F3N4O2. The highest BCUT2D eigenvalue weighted by atomic mass is 19.2. The largest absolute Gasteiger partial charge is 0.333 e. The van der Waals surface area contributed by atoms with Crippen LogP contribution in [0.5, 0.6) is 0 Å². The van der Waals surface area contributed by atoms with E-state index in [4.69, 9.17) is 0 Å². The van der Waals surface area contributed by atoms with E-state index in [1.54, 1.807) is 13.1 Å². The number of amides is 1. The molecule has 0 radical (unpaired) electrons. The third kappa shape index (κ3) is 3.04. The molecule has 6 nitrogen and oxygen atoms in total. The SMILES string of the molecule is C[C@@H](c1n[nH]c(=O)c2cc(F)c(F)cc12)N(C)C(=O)c1cc2c(F)cccn2c1. The lowest BCUT2D eigenvalue weighted by molar-refractivity contribution is 0.0740. The van der Waals surface area contributed by atoms with Crippen molar-refractivity contribution in [3.8, 4) is 0 Å². The van der Waals surface area contributed by atoms with Gasteiger partial charge in [-0.25, -0.2) is 18.3 Å². The molecule has 1 aromatic carbocycles. The van der Waals surface area contributed by atoms with E-state index in [1.807, 2.05) is 0 Å². The van der Waals surface area contributed by atoms with Crippen LogP contribution in [0, 0.1) is 17.5 Å². The zero-order valence-electron chi connectivity index (χ0n) is 15.4. The van der Waals surface area contributed by atoms with Crippen LogP contribution in [0.2, 0.25) is 0 Å². The Labute approximate surface area is 162 Å². The first kappa shape index (κ1) is 18.7. The predicted molar refractivity (Wildman–Crippen MR) is 100 cm³/mol. The Morgan fingerprint density at radius 1 is 1.14 bits per heavy atom. The van der Waals surface area contributed by atoms with E-state index in [0.717, 1.165) is 12.1 Å². The molecule has 1 amide bonds. The van der Waals surface area contributed by atoms with Gasteiger partial charge in [0.2, 0.25) is 0 Å². The number of nitrogens with zero attached hydrogens (tertiary/aromatic N) is 3. The van der Waals surface area contributed by atoms with Crippen molar-refractivity contribution in [3.63, 3.8) is 0 Å². The molecule has 148 valence electrons. The Hall–Kier alpha value is -3.62. The highest BCUT2D eigenvalue weighted by Crippen LogP contribution is 2.26. The third-order valence-corrected chi connectivity index (χ3v) is 4.99. The van der Waals surface area contributed by atoms with Crippen LogP contribution in [0.15, 0.2) is 47.5 Å². The van der Waals surface area contributed by atoms with Crippen LogP contribution in [0.25, 0.3) is 16.3 Å². The van der Waals surface area contributed by atoms with Crippen molar-refractivity contribution in [2.24, 2.45) is 0 Å². The molecule has 0 aliphatic carbocycles. The van der Waals surface area contributed by atoms with Gasteiger partial charge in [0.05, 0.1) is 28.2 Å². The second-order valence-corrected chi connectivity index (χ2v) is 6.72. The topological polar surface area (TPSA) is 70.5 Å². The Bertz CT molecular complexity index is 1330. The summed E-state index contributed by atoms with van der Waals surface area (Å²) >= 11 is 0. The zero-order valence-corrected chi connectivity index (χ0v) is 15.4. The van der Waals surface area contributed by atoms with Crippen LogP contribution in [-0.4, -0.2) is 32.5 Å². The Kier molecular flexibility index (Phi) is 4.37. The first-order chi connectivity index (χ1) is 13.8. The molecule has 3 heterocycles. The summed E-state index contributed by atoms with van der Waals surface area (Å²) in [5.74, 6) is -3.17. The molecule has 0 saturated carbocycles. The standard InChI is InChI=1S/C20H15F3N4O2/c1-10(18-12-7-15(22)16(23)8-13(12)19(28)25-24-18)26(2)20(29)11-6-17-14(21)4-3-5-27(17)9-11/h3-10H,1-2H3,(H,25,28)/t10-/m0/s1. The highest BCUT2D eigenvalue weighted by molar-refractivity contribution is 5.96. The smallest absolute Gasteiger partial charge is 0.272 e. The number of pyridine rings is 1. The van der Waals surface area contributed by atoms with E-state index in [0.29, 0.717) is 0 Å². The average molecular weight is 400 g/mol. The maximum Gasteiger partial charge on any atom is 0.272 e. The van der Waals surface area contributed by atoms with Crippen molar-refractivity contribution < 1.29 is 18.0 Å². The zero-order chi connectivity index (χ0) is 20.9.